The number of rotatable bonds is 11. The zero-order valence-electron chi connectivity index (χ0n) is 15.8. The third-order valence-electron chi connectivity index (χ3n) is 3.99. The van der Waals surface area contributed by atoms with Gasteiger partial charge in [-0.2, -0.15) is 0 Å². The second kappa shape index (κ2) is 12.7. The molecule has 1 unspecified atom stereocenters. The highest BCUT2D eigenvalue weighted by molar-refractivity contribution is 8.19. The normalized spacial score (nSPS) is 18.0. The van der Waals surface area contributed by atoms with Crippen molar-refractivity contribution in [2.24, 2.45) is 0 Å². The highest BCUT2D eigenvalue weighted by Gasteiger charge is 2.30. The fourth-order valence-electron chi connectivity index (χ4n) is 2.80. The molecule has 0 spiro atoms. The average Bonchev–Trinajstić information content (AvgIpc) is 2.57. The molecule has 0 N–H and O–H groups in total. The molecule has 1 aliphatic rings. The lowest BCUT2D eigenvalue weighted by molar-refractivity contribution is -0.145. The standard InChI is InChI=1S/C19H32O4S2/c1-4-22-18(21)11-13-19(24-14-9-15-25-19)12-8-6-5-7-10-16(2)23-17(3)20/h11,13,16H,4-10,12,14-15H2,1-3H3/b13-11+. The smallest absolute Gasteiger partial charge is 0.330 e. The van der Waals surface area contributed by atoms with Crippen LogP contribution in [0.1, 0.15) is 65.7 Å². The first-order valence-electron chi connectivity index (χ1n) is 9.28. The minimum absolute atomic E-state index is 0.0146. The van der Waals surface area contributed by atoms with Gasteiger partial charge in [-0.15, -0.1) is 23.5 Å². The summed E-state index contributed by atoms with van der Waals surface area (Å²) in [7, 11) is 0. The van der Waals surface area contributed by atoms with E-state index in [4.69, 9.17) is 9.47 Å². The molecule has 6 heteroatoms. The quantitative estimate of drug-likeness (QED) is 0.283. The fraction of sp³-hybridized carbons (Fsp3) is 0.789. The van der Waals surface area contributed by atoms with Gasteiger partial charge in [0.25, 0.3) is 0 Å². The molecule has 0 aromatic heterocycles. The van der Waals surface area contributed by atoms with E-state index in [9.17, 15) is 9.59 Å². The first-order valence-corrected chi connectivity index (χ1v) is 11.3. The van der Waals surface area contributed by atoms with Crippen LogP contribution in [-0.4, -0.2) is 40.2 Å². The molecular formula is C19H32O4S2. The molecule has 4 nitrogen and oxygen atoms in total. The van der Waals surface area contributed by atoms with Gasteiger partial charge in [-0.05, 0) is 51.0 Å². The Morgan fingerprint density at radius 3 is 2.48 bits per heavy atom. The second-order valence-corrected chi connectivity index (χ2v) is 9.43. The molecule has 0 aliphatic carbocycles. The molecule has 25 heavy (non-hydrogen) atoms. The molecule has 0 saturated carbocycles. The summed E-state index contributed by atoms with van der Waals surface area (Å²) in [6.45, 7) is 5.65. The summed E-state index contributed by atoms with van der Waals surface area (Å²) < 4.78 is 10.2. The number of thioether (sulfide) groups is 2. The van der Waals surface area contributed by atoms with Gasteiger partial charge in [0.05, 0.1) is 16.8 Å². The minimum atomic E-state index is -0.242. The van der Waals surface area contributed by atoms with Gasteiger partial charge in [-0.25, -0.2) is 4.79 Å². The molecule has 0 aromatic rings. The first-order chi connectivity index (χ1) is 12.0. The average molecular weight is 389 g/mol. The van der Waals surface area contributed by atoms with Crippen LogP contribution < -0.4 is 0 Å². The molecule has 0 bridgehead atoms. The number of esters is 2. The second-order valence-electron chi connectivity index (χ2n) is 6.32. The van der Waals surface area contributed by atoms with Gasteiger partial charge in [0.15, 0.2) is 0 Å². The lowest BCUT2D eigenvalue weighted by Crippen LogP contribution is -2.23. The summed E-state index contributed by atoms with van der Waals surface area (Å²) in [5.41, 5.74) is 0. The SMILES string of the molecule is CCOC(=O)/C=C/C1(CCCCCCC(C)OC(C)=O)SCCCS1. The number of carbonyl (C=O) groups is 2. The molecule has 0 aromatic carbocycles. The third kappa shape index (κ3) is 10.2. The van der Waals surface area contributed by atoms with Crippen molar-refractivity contribution in [3.05, 3.63) is 12.2 Å². The Kier molecular flexibility index (Phi) is 11.4. The van der Waals surface area contributed by atoms with Gasteiger partial charge in [-0.1, -0.05) is 25.3 Å². The van der Waals surface area contributed by atoms with E-state index in [1.807, 2.05) is 37.4 Å². The van der Waals surface area contributed by atoms with E-state index >= 15 is 0 Å². The van der Waals surface area contributed by atoms with Crippen molar-refractivity contribution in [3.63, 3.8) is 0 Å². The Morgan fingerprint density at radius 1 is 1.16 bits per heavy atom. The van der Waals surface area contributed by atoms with Gasteiger partial charge >= 0.3 is 11.9 Å². The topological polar surface area (TPSA) is 52.6 Å². The molecule has 144 valence electrons. The summed E-state index contributed by atoms with van der Waals surface area (Å²) in [6, 6.07) is 0. The molecule has 1 aliphatic heterocycles. The van der Waals surface area contributed by atoms with Crippen LogP contribution in [0, 0.1) is 0 Å². The van der Waals surface area contributed by atoms with Gasteiger partial charge in [0.2, 0.25) is 0 Å². The Balaban J connectivity index is 2.31. The van der Waals surface area contributed by atoms with Crippen LogP contribution in [0.5, 0.6) is 0 Å². The van der Waals surface area contributed by atoms with E-state index in [1.165, 1.54) is 19.8 Å². The maximum absolute atomic E-state index is 11.6. The van der Waals surface area contributed by atoms with Crippen molar-refractivity contribution in [1.29, 1.82) is 0 Å². The van der Waals surface area contributed by atoms with E-state index in [-0.39, 0.29) is 22.1 Å². The summed E-state index contributed by atoms with van der Waals surface area (Å²) in [4.78, 5) is 22.5. The lowest BCUT2D eigenvalue weighted by Gasteiger charge is -2.33. The number of carbonyl (C=O) groups excluding carboxylic acids is 2. The zero-order chi connectivity index (χ0) is 18.5. The molecule has 1 fully saturated rings. The predicted molar refractivity (Wildman–Crippen MR) is 107 cm³/mol. The van der Waals surface area contributed by atoms with Crippen molar-refractivity contribution < 1.29 is 19.1 Å². The molecule has 1 heterocycles. The van der Waals surface area contributed by atoms with Gasteiger partial charge in [-0.3, -0.25) is 4.79 Å². The van der Waals surface area contributed by atoms with Crippen LogP contribution in [-0.2, 0) is 19.1 Å². The largest absolute Gasteiger partial charge is 0.463 e. The highest BCUT2D eigenvalue weighted by atomic mass is 32.2. The number of hydrogen-bond acceptors (Lipinski definition) is 6. The Morgan fingerprint density at radius 2 is 1.84 bits per heavy atom. The van der Waals surface area contributed by atoms with Gasteiger partial charge in [0, 0.05) is 13.0 Å². The van der Waals surface area contributed by atoms with Crippen LogP contribution >= 0.6 is 23.5 Å². The predicted octanol–water partition coefficient (Wildman–Crippen LogP) is 4.96. The summed E-state index contributed by atoms with van der Waals surface area (Å²) in [5, 5.41) is 0. The van der Waals surface area contributed by atoms with E-state index in [2.05, 4.69) is 6.08 Å². The number of unbranched alkanes of at least 4 members (excludes halogenated alkanes) is 3. The van der Waals surface area contributed by atoms with E-state index in [0.717, 1.165) is 43.6 Å². The summed E-state index contributed by atoms with van der Waals surface area (Å²) in [6.07, 6.45) is 11.5. The van der Waals surface area contributed by atoms with Crippen molar-refractivity contribution in [2.75, 3.05) is 18.1 Å². The van der Waals surface area contributed by atoms with Crippen LogP contribution in [0.2, 0.25) is 0 Å². The van der Waals surface area contributed by atoms with Crippen LogP contribution in [0.3, 0.4) is 0 Å². The van der Waals surface area contributed by atoms with Crippen LogP contribution in [0.4, 0.5) is 0 Å². The monoisotopic (exact) mass is 388 g/mol. The van der Waals surface area contributed by atoms with Crippen molar-refractivity contribution >= 4 is 35.5 Å². The maximum Gasteiger partial charge on any atom is 0.330 e. The summed E-state index contributed by atoms with van der Waals surface area (Å²) >= 11 is 3.91. The van der Waals surface area contributed by atoms with E-state index < -0.39 is 0 Å². The third-order valence-corrected chi connectivity index (χ3v) is 7.34. The van der Waals surface area contributed by atoms with Crippen LogP contribution in [0.25, 0.3) is 0 Å². The van der Waals surface area contributed by atoms with E-state index in [1.54, 1.807) is 6.08 Å². The molecule has 1 atom stereocenters. The van der Waals surface area contributed by atoms with Crippen LogP contribution in [0.15, 0.2) is 12.2 Å². The molecule has 1 rings (SSSR count). The van der Waals surface area contributed by atoms with Crippen molar-refractivity contribution in [3.8, 4) is 0 Å². The van der Waals surface area contributed by atoms with Crippen molar-refractivity contribution in [2.45, 2.75) is 75.9 Å². The molecule has 0 amide bonds. The Hall–Kier alpha value is -0.620. The van der Waals surface area contributed by atoms with Crippen molar-refractivity contribution in [1.82, 2.24) is 0 Å². The highest BCUT2D eigenvalue weighted by Crippen LogP contribution is 2.47. The Bertz CT molecular complexity index is 431. The Labute approximate surface area is 160 Å². The lowest BCUT2D eigenvalue weighted by atomic mass is 10.1. The molecule has 0 radical (unpaired) electrons. The zero-order valence-corrected chi connectivity index (χ0v) is 17.4. The maximum atomic E-state index is 11.6. The number of ether oxygens (including phenoxy) is 2. The van der Waals surface area contributed by atoms with E-state index in [0.29, 0.717) is 6.61 Å². The van der Waals surface area contributed by atoms with Gasteiger partial charge < -0.3 is 9.47 Å². The molecular weight excluding hydrogens is 356 g/mol. The van der Waals surface area contributed by atoms with Gasteiger partial charge in [0.1, 0.15) is 0 Å². The fourth-order valence-corrected chi connectivity index (χ4v) is 5.99. The first kappa shape index (κ1) is 22.4. The minimum Gasteiger partial charge on any atom is -0.463 e. The summed E-state index contributed by atoms with van der Waals surface area (Å²) in [5.74, 6) is 1.86. The number of hydrogen-bond donors (Lipinski definition) is 0. The molecule has 1 saturated heterocycles.